The summed E-state index contributed by atoms with van der Waals surface area (Å²) in [5, 5.41) is 0. The highest BCUT2D eigenvalue weighted by atomic mass is 16.5. The van der Waals surface area contributed by atoms with Crippen molar-refractivity contribution in [3.05, 3.63) is 11.8 Å². The normalized spacial score (nSPS) is 42.7. The molecule has 2 bridgehead atoms. The molecule has 0 spiro atoms. The molecule has 11 heavy (non-hydrogen) atoms. The molecule has 62 valence electrons. The first-order valence-corrected chi connectivity index (χ1v) is 4.59. The van der Waals surface area contributed by atoms with Crippen LogP contribution in [0.25, 0.3) is 0 Å². The van der Waals surface area contributed by atoms with Crippen molar-refractivity contribution in [2.24, 2.45) is 11.8 Å². The van der Waals surface area contributed by atoms with E-state index < -0.39 is 0 Å². The van der Waals surface area contributed by atoms with Crippen LogP contribution in [0.2, 0.25) is 0 Å². The molecule has 1 nitrogen and oxygen atoms in total. The van der Waals surface area contributed by atoms with Gasteiger partial charge in [0.1, 0.15) is 6.10 Å². The van der Waals surface area contributed by atoms with Crippen molar-refractivity contribution < 1.29 is 4.74 Å². The van der Waals surface area contributed by atoms with Gasteiger partial charge in [0, 0.05) is 0 Å². The van der Waals surface area contributed by atoms with Crippen LogP contribution in [0.4, 0.5) is 0 Å². The molecule has 2 rings (SSSR count). The zero-order chi connectivity index (χ0) is 7.84. The average molecular weight is 152 g/mol. The first-order valence-electron chi connectivity index (χ1n) is 4.59. The Morgan fingerprint density at radius 3 is 3.09 bits per heavy atom. The van der Waals surface area contributed by atoms with E-state index in [1.54, 1.807) is 0 Å². The first-order chi connectivity index (χ1) is 5.27. The van der Waals surface area contributed by atoms with Gasteiger partial charge >= 0.3 is 0 Å². The van der Waals surface area contributed by atoms with Crippen molar-refractivity contribution in [1.29, 1.82) is 0 Å². The minimum Gasteiger partial charge on any atom is -0.498 e. The standard InChI is InChI=1S/C10H16O/c1-7-3-4-9-5-10(7)11-6-8(9)2/h6-7,9-10H,3-5H2,1-2H3/t7-,9+,10-/m0/s1. The number of rotatable bonds is 0. The van der Waals surface area contributed by atoms with Gasteiger partial charge in [-0.15, -0.1) is 0 Å². The third kappa shape index (κ3) is 1.17. The smallest absolute Gasteiger partial charge is 0.101 e. The van der Waals surface area contributed by atoms with Crippen molar-refractivity contribution in [2.45, 2.75) is 39.2 Å². The van der Waals surface area contributed by atoms with Gasteiger partial charge in [-0.3, -0.25) is 0 Å². The molecule has 0 aromatic carbocycles. The Hall–Kier alpha value is -0.460. The molecule has 1 saturated carbocycles. The summed E-state index contributed by atoms with van der Waals surface area (Å²) in [6, 6.07) is 0. The Morgan fingerprint density at radius 1 is 1.45 bits per heavy atom. The van der Waals surface area contributed by atoms with Crippen LogP contribution < -0.4 is 0 Å². The van der Waals surface area contributed by atoms with E-state index in [9.17, 15) is 0 Å². The average Bonchev–Trinajstić information content (AvgIpc) is 2.02. The number of hydrogen-bond donors (Lipinski definition) is 0. The summed E-state index contributed by atoms with van der Waals surface area (Å²) in [7, 11) is 0. The van der Waals surface area contributed by atoms with Gasteiger partial charge in [0.15, 0.2) is 0 Å². The highest BCUT2D eigenvalue weighted by Crippen LogP contribution is 2.38. The number of allylic oxidation sites excluding steroid dienone is 1. The maximum atomic E-state index is 5.61. The van der Waals surface area contributed by atoms with Crippen LogP contribution in [-0.2, 0) is 4.74 Å². The lowest BCUT2D eigenvalue weighted by Gasteiger charge is -2.37. The van der Waals surface area contributed by atoms with Crippen molar-refractivity contribution >= 4 is 0 Å². The van der Waals surface area contributed by atoms with Crippen LogP contribution in [0, 0.1) is 11.8 Å². The van der Waals surface area contributed by atoms with E-state index in [0.29, 0.717) is 6.10 Å². The van der Waals surface area contributed by atoms with Crippen LogP contribution in [0.3, 0.4) is 0 Å². The summed E-state index contributed by atoms with van der Waals surface area (Å²) >= 11 is 0. The van der Waals surface area contributed by atoms with Gasteiger partial charge in [-0.1, -0.05) is 6.92 Å². The highest BCUT2D eigenvalue weighted by molar-refractivity contribution is 5.06. The predicted molar refractivity (Wildman–Crippen MR) is 45.1 cm³/mol. The molecule has 1 heteroatoms. The summed E-state index contributed by atoms with van der Waals surface area (Å²) < 4.78 is 5.61. The lowest BCUT2D eigenvalue weighted by atomic mass is 9.77. The molecule has 1 fully saturated rings. The van der Waals surface area contributed by atoms with Crippen LogP contribution in [0.5, 0.6) is 0 Å². The van der Waals surface area contributed by atoms with Gasteiger partial charge in [-0.05, 0) is 43.6 Å². The molecule has 3 atom stereocenters. The maximum Gasteiger partial charge on any atom is 0.101 e. The topological polar surface area (TPSA) is 9.23 Å². The predicted octanol–water partition coefficient (Wildman–Crippen LogP) is 2.73. The fraction of sp³-hybridized carbons (Fsp3) is 0.800. The van der Waals surface area contributed by atoms with E-state index in [1.807, 2.05) is 6.26 Å². The molecule has 2 aliphatic rings. The Labute approximate surface area is 68.4 Å². The molecule has 0 radical (unpaired) electrons. The van der Waals surface area contributed by atoms with Gasteiger partial charge in [0.2, 0.25) is 0 Å². The van der Waals surface area contributed by atoms with Crippen LogP contribution in [0.1, 0.15) is 33.1 Å². The summed E-state index contributed by atoms with van der Waals surface area (Å²) in [6.45, 7) is 4.49. The largest absolute Gasteiger partial charge is 0.498 e. The quantitative estimate of drug-likeness (QED) is 0.518. The third-order valence-corrected chi connectivity index (χ3v) is 3.19. The summed E-state index contributed by atoms with van der Waals surface area (Å²) in [6.07, 6.45) is 6.50. The Morgan fingerprint density at radius 2 is 2.27 bits per heavy atom. The first kappa shape index (κ1) is 7.20. The van der Waals surface area contributed by atoms with E-state index in [-0.39, 0.29) is 0 Å². The van der Waals surface area contributed by atoms with Gasteiger partial charge < -0.3 is 4.74 Å². The molecule has 1 aliphatic heterocycles. The maximum absolute atomic E-state index is 5.61. The molecule has 0 unspecified atom stereocenters. The minimum atomic E-state index is 0.525. The van der Waals surface area contributed by atoms with Gasteiger partial charge in [-0.2, -0.15) is 0 Å². The lowest BCUT2D eigenvalue weighted by molar-refractivity contribution is 0.0245. The zero-order valence-corrected chi connectivity index (χ0v) is 7.34. The minimum absolute atomic E-state index is 0.525. The third-order valence-electron chi connectivity index (χ3n) is 3.19. The van der Waals surface area contributed by atoms with Crippen molar-refractivity contribution in [1.82, 2.24) is 0 Å². The summed E-state index contributed by atoms with van der Waals surface area (Å²) in [5.41, 5.74) is 1.45. The van der Waals surface area contributed by atoms with E-state index in [4.69, 9.17) is 4.74 Å². The van der Waals surface area contributed by atoms with E-state index in [0.717, 1.165) is 11.8 Å². The Bertz CT molecular complexity index is 183. The van der Waals surface area contributed by atoms with Gasteiger partial charge in [0.05, 0.1) is 6.26 Å². The second-order valence-corrected chi connectivity index (χ2v) is 4.02. The molecular weight excluding hydrogens is 136 g/mol. The summed E-state index contributed by atoms with van der Waals surface area (Å²) in [5.74, 6) is 1.61. The Balaban J connectivity index is 2.15. The van der Waals surface area contributed by atoms with E-state index >= 15 is 0 Å². The number of fused-ring (bicyclic) bond motifs is 2. The second-order valence-electron chi connectivity index (χ2n) is 4.02. The molecule has 0 aromatic heterocycles. The molecule has 0 aromatic rings. The van der Waals surface area contributed by atoms with Gasteiger partial charge in [0.25, 0.3) is 0 Å². The molecule has 0 amide bonds. The Kier molecular flexibility index (Phi) is 1.67. The van der Waals surface area contributed by atoms with Crippen molar-refractivity contribution in [2.75, 3.05) is 0 Å². The summed E-state index contributed by atoms with van der Waals surface area (Å²) in [4.78, 5) is 0. The number of hydrogen-bond acceptors (Lipinski definition) is 1. The molecular formula is C10H16O. The van der Waals surface area contributed by atoms with Gasteiger partial charge in [-0.25, -0.2) is 0 Å². The van der Waals surface area contributed by atoms with Crippen LogP contribution in [0.15, 0.2) is 11.8 Å². The van der Waals surface area contributed by atoms with Crippen LogP contribution >= 0.6 is 0 Å². The SMILES string of the molecule is CC1=CO[C@H]2C[C@H]1CC[C@@H]2C. The fourth-order valence-corrected chi connectivity index (χ4v) is 2.17. The monoisotopic (exact) mass is 152 g/mol. The highest BCUT2D eigenvalue weighted by Gasteiger charge is 2.32. The number of ether oxygens (including phenoxy) is 1. The fourth-order valence-electron chi connectivity index (χ4n) is 2.17. The van der Waals surface area contributed by atoms with E-state index in [2.05, 4.69) is 13.8 Å². The molecule has 1 heterocycles. The zero-order valence-electron chi connectivity index (χ0n) is 7.34. The molecule has 0 N–H and O–H groups in total. The van der Waals surface area contributed by atoms with Crippen molar-refractivity contribution in [3.8, 4) is 0 Å². The molecule has 0 saturated heterocycles. The molecule has 1 aliphatic carbocycles. The lowest BCUT2D eigenvalue weighted by Crippen LogP contribution is -2.32. The van der Waals surface area contributed by atoms with Crippen molar-refractivity contribution in [3.63, 3.8) is 0 Å². The second kappa shape index (κ2) is 2.54. The van der Waals surface area contributed by atoms with E-state index in [1.165, 1.54) is 24.8 Å². The van der Waals surface area contributed by atoms with Crippen LogP contribution in [-0.4, -0.2) is 6.10 Å².